The average Bonchev–Trinajstić information content (AvgIpc) is 2.80. The molecule has 1 aromatic heterocycles. The lowest BCUT2D eigenvalue weighted by molar-refractivity contribution is 0.136. The fourth-order valence-corrected chi connectivity index (χ4v) is 2.76. The van der Waals surface area contributed by atoms with Crippen LogP contribution in [-0.2, 0) is 5.41 Å². The quantitative estimate of drug-likeness (QED) is 0.832. The molecule has 0 atom stereocenters. The van der Waals surface area contributed by atoms with Gasteiger partial charge in [-0.15, -0.1) is 10.2 Å². The van der Waals surface area contributed by atoms with Gasteiger partial charge in [0, 0.05) is 12.0 Å². The first-order valence-corrected chi connectivity index (χ1v) is 7.23. The molecular formula is C12H21N5OS. The number of anilines is 1. The number of urea groups is 1. The number of amides is 2. The molecule has 0 aromatic carbocycles. The fourth-order valence-electron chi connectivity index (χ4n) is 1.87. The van der Waals surface area contributed by atoms with E-state index in [1.165, 1.54) is 11.3 Å². The van der Waals surface area contributed by atoms with Crippen LogP contribution in [0.2, 0.25) is 0 Å². The molecule has 0 bridgehead atoms. The van der Waals surface area contributed by atoms with Crippen LogP contribution in [0.3, 0.4) is 0 Å². The molecule has 0 unspecified atom stereocenters. The van der Waals surface area contributed by atoms with Crippen LogP contribution >= 0.6 is 11.3 Å². The summed E-state index contributed by atoms with van der Waals surface area (Å²) in [6.45, 7) is 10.2. The minimum absolute atomic E-state index is 0.0113. The van der Waals surface area contributed by atoms with Crippen molar-refractivity contribution in [1.29, 1.82) is 0 Å². The molecule has 2 amide bonds. The Morgan fingerprint density at radius 1 is 1.26 bits per heavy atom. The third-order valence-corrected chi connectivity index (χ3v) is 4.34. The number of carbonyl (C=O) groups excluding carboxylic acids is 1. The first kappa shape index (κ1) is 14.2. The van der Waals surface area contributed by atoms with Crippen molar-refractivity contribution in [3.8, 4) is 0 Å². The molecule has 0 aliphatic carbocycles. The van der Waals surface area contributed by atoms with Gasteiger partial charge in [0.15, 0.2) is 0 Å². The number of carbonyl (C=O) groups is 1. The van der Waals surface area contributed by atoms with Gasteiger partial charge in [0.1, 0.15) is 5.01 Å². The van der Waals surface area contributed by atoms with Gasteiger partial charge in [0.05, 0.1) is 13.3 Å². The zero-order valence-corrected chi connectivity index (χ0v) is 13.0. The van der Waals surface area contributed by atoms with Gasteiger partial charge in [-0.1, -0.05) is 32.1 Å². The molecule has 1 aliphatic heterocycles. The van der Waals surface area contributed by atoms with Crippen LogP contribution in [0.1, 0.15) is 32.7 Å². The van der Waals surface area contributed by atoms with Crippen LogP contribution in [0.5, 0.6) is 0 Å². The lowest BCUT2D eigenvalue weighted by Gasteiger charge is -2.38. The van der Waals surface area contributed by atoms with Crippen molar-refractivity contribution < 1.29 is 4.79 Å². The molecule has 1 aromatic rings. The van der Waals surface area contributed by atoms with Gasteiger partial charge >= 0.3 is 6.03 Å². The molecule has 2 heterocycles. The van der Waals surface area contributed by atoms with E-state index in [1.807, 2.05) is 14.0 Å². The molecule has 0 spiro atoms. The van der Waals surface area contributed by atoms with E-state index in [4.69, 9.17) is 0 Å². The van der Waals surface area contributed by atoms with Crippen LogP contribution < -0.4 is 4.90 Å². The first-order chi connectivity index (χ1) is 8.82. The highest BCUT2D eigenvalue weighted by molar-refractivity contribution is 7.15. The van der Waals surface area contributed by atoms with Crippen molar-refractivity contribution >= 4 is 22.5 Å². The molecule has 1 fully saturated rings. The second kappa shape index (κ2) is 5.05. The zero-order valence-electron chi connectivity index (χ0n) is 12.2. The predicted octanol–water partition coefficient (Wildman–Crippen LogP) is 1.94. The number of aromatic nitrogens is 2. The lowest BCUT2D eigenvalue weighted by atomic mass is 9.98. The highest BCUT2D eigenvalue weighted by Gasteiger charge is 2.31. The molecule has 0 N–H and O–H groups in total. The summed E-state index contributed by atoms with van der Waals surface area (Å²) < 4.78 is 0. The molecule has 7 heteroatoms. The maximum absolute atomic E-state index is 12.3. The average molecular weight is 283 g/mol. The minimum Gasteiger partial charge on any atom is -0.312 e. The molecule has 2 rings (SSSR count). The second-order valence-electron chi connectivity index (χ2n) is 5.85. The summed E-state index contributed by atoms with van der Waals surface area (Å²) >= 11 is 1.49. The molecule has 1 saturated heterocycles. The summed E-state index contributed by atoms with van der Waals surface area (Å²) in [4.78, 5) is 17.9. The Kier molecular flexibility index (Phi) is 3.78. The van der Waals surface area contributed by atoms with Gasteiger partial charge in [-0.05, 0) is 14.0 Å². The predicted molar refractivity (Wildman–Crippen MR) is 76.4 cm³/mol. The molecule has 6 nitrogen and oxygen atoms in total. The van der Waals surface area contributed by atoms with Crippen molar-refractivity contribution in [1.82, 2.24) is 20.0 Å². The van der Waals surface area contributed by atoms with E-state index in [9.17, 15) is 4.79 Å². The van der Waals surface area contributed by atoms with E-state index in [0.717, 1.165) is 5.01 Å². The van der Waals surface area contributed by atoms with Gasteiger partial charge in [-0.3, -0.25) is 9.80 Å². The van der Waals surface area contributed by atoms with Crippen LogP contribution in [0.25, 0.3) is 0 Å². The fraction of sp³-hybridized carbons (Fsp3) is 0.750. The topological polar surface area (TPSA) is 52.6 Å². The highest BCUT2D eigenvalue weighted by atomic mass is 32.1. The van der Waals surface area contributed by atoms with Gasteiger partial charge in [0.2, 0.25) is 5.13 Å². The summed E-state index contributed by atoms with van der Waals surface area (Å²) in [5, 5.41) is 10.0. The maximum atomic E-state index is 12.3. The van der Waals surface area contributed by atoms with Crippen molar-refractivity contribution in [2.75, 3.05) is 31.8 Å². The third kappa shape index (κ3) is 2.87. The monoisotopic (exact) mass is 283 g/mol. The Morgan fingerprint density at radius 3 is 2.47 bits per heavy atom. The van der Waals surface area contributed by atoms with Crippen molar-refractivity contribution in [3.05, 3.63) is 5.01 Å². The van der Waals surface area contributed by atoms with Crippen molar-refractivity contribution in [3.63, 3.8) is 0 Å². The lowest BCUT2D eigenvalue weighted by Crippen LogP contribution is -2.57. The molecule has 106 valence electrons. The molecule has 0 saturated carbocycles. The summed E-state index contributed by atoms with van der Waals surface area (Å²) in [6, 6.07) is 0.0113. The van der Waals surface area contributed by atoms with E-state index < -0.39 is 0 Å². The SMILES string of the molecule is CCN1CN(C)CN(c2nnc(C(C)(C)C)s2)C1=O. The van der Waals surface area contributed by atoms with Crippen LogP contribution in [-0.4, -0.2) is 53.0 Å². The number of hydrogen-bond acceptors (Lipinski definition) is 5. The Hall–Kier alpha value is -1.21. The van der Waals surface area contributed by atoms with E-state index >= 15 is 0 Å². The second-order valence-corrected chi connectivity index (χ2v) is 6.80. The van der Waals surface area contributed by atoms with Crippen molar-refractivity contribution in [2.24, 2.45) is 0 Å². The summed E-state index contributed by atoms with van der Waals surface area (Å²) in [5.74, 6) is 0. The number of nitrogens with zero attached hydrogens (tertiary/aromatic N) is 5. The number of hydrogen-bond donors (Lipinski definition) is 0. The Morgan fingerprint density at radius 2 is 1.95 bits per heavy atom. The van der Waals surface area contributed by atoms with Crippen LogP contribution in [0.15, 0.2) is 0 Å². The van der Waals surface area contributed by atoms with Gasteiger partial charge in [-0.25, -0.2) is 4.79 Å². The Bertz CT molecular complexity index is 467. The van der Waals surface area contributed by atoms with Gasteiger partial charge in [0.25, 0.3) is 0 Å². The van der Waals surface area contributed by atoms with Crippen LogP contribution in [0.4, 0.5) is 9.93 Å². The normalized spacial score (nSPS) is 18.3. The summed E-state index contributed by atoms with van der Waals surface area (Å²) in [6.07, 6.45) is 0. The smallest absolute Gasteiger partial charge is 0.312 e. The van der Waals surface area contributed by atoms with Gasteiger partial charge < -0.3 is 4.90 Å². The Labute approximate surface area is 118 Å². The zero-order chi connectivity index (χ0) is 14.2. The summed E-state index contributed by atoms with van der Waals surface area (Å²) in [7, 11) is 1.99. The molecule has 1 aliphatic rings. The van der Waals surface area contributed by atoms with Crippen molar-refractivity contribution in [2.45, 2.75) is 33.1 Å². The van der Waals surface area contributed by atoms with Gasteiger partial charge in [-0.2, -0.15) is 0 Å². The van der Waals surface area contributed by atoms with Crippen LogP contribution in [0, 0.1) is 0 Å². The summed E-state index contributed by atoms with van der Waals surface area (Å²) in [5.41, 5.74) is -0.0366. The molecular weight excluding hydrogens is 262 g/mol. The van der Waals surface area contributed by atoms with E-state index in [-0.39, 0.29) is 11.4 Å². The maximum Gasteiger partial charge on any atom is 0.328 e. The molecule has 0 radical (unpaired) electrons. The standard InChI is InChI=1S/C12H21N5OS/c1-6-16-7-15(5)8-17(11(16)18)10-14-13-9(19-10)12(2,3)4/h6-8H2,1-5H3. The molecule has 19 heavy (non-hydrogen) atoms. The van der Waals surface area contributed by atoms with E-state index in [1.54, 1.807) is 9.80 Å². The van der Waals surface area contributed by atoms with E-state index in [0.29, 0.717) is 25.0 Å². The minimum atomic E-state index is -0.0366. The number of rotatable bonds is 2. The highest BCUT2D eigenvalue weighted by Crippen LogP contribution is 2.30. The largest absolute Gasteiger partial charge is 0.328 e. The van der Waals surface area contributed by atoms with E-state index in [2.05, 4.69) is 35.9 Å². The third-order valence-electron chi connectivity index (χ3n) is 2.96. The Balaban J connectivity index is 2.25. The first-order valence-electron chi connectivity index (χ1n) is 6.42.